The van der Waals surface area contributed by atoms with Gasteiger partial charge in [-0.3, -0.25) is 5.73 Å². The molecule has 1 saturated heterocycles. The molecule has 0 spiro atoms. The lowest BCUT2D eigenvalue weighted by Crippen LogP contribution is -2.43. The molecule has 1 aromatic rings. The molecule has 1 aromatic carbocycles. The Bertz CT molecular complexity index is 269. The summed E-state index contributed by atoms with van der Waals surface area (Å²) in [6.45, 7) is 0.436. The average molecular weight is 181 g/mol. The Balaban J connectivity index is 2.23. The van der Waals surface area contributed by atoms with E-state index in [9.17, 15) is 0 Å². The summed E-state index contributed by atoms with van der Waals surface area (Å²) in [5.74, 6) is 0. The van der Waals surface area contributed by atoms with Crippen molar-refractivity contribution in [3.05, 3.63) is 35.9 Å². The van der Waals surface area contributed by atoms with E-state index in [-0.39, 0.29) is 0 Å². The second-order valence-electron chi connectivity index (χ2n) is 2.98. The van der Waals surface area contributed by atoms with Crippen molar-refractivity contribution in [2.75, 3.05) is 6.61 Å². The lowest BCUT2D eigenvalue weighted by Gasteiger charge is -2.30. The zero-order chi connectivity index (χ0) is 9.15. The first-order valence-corrected chi connectivity index (χ1v) is 4.13. The van der Waals surface area contributed by atoms with Gasteiger partial charge >= 0.3 is 0 Å². The minimum absolute atomic E-state index is 0.436. The molecule has 0 aromatic heterocycles. The molecule has 1 fully saturated rings. The SMILES string of the molecule is NC1(c2ccccc2)CCOOO1. The summed E-state index contributed by atoms with van der Waals surface area (Å²) in [6.07, 6.45) is 0.580. The van der Waals surface area contributed by atoms with Gasteiger partial charge in [0.15, 0.2) is 5.72 Å². The molecular weight excluding hydrogens is 170 g/mol. The van der Waals surface area contributed by atoms with Gasteiger partial charge in [0.25, 0.3) is 0 Å². The van der Waals surface area contributed by atoms with Gasteiger partial charge in [0.05, 0.1) is 6.61 Å². The molecule has 0 radical (unpaired) electrons. The smallest absolute Gasteiger partial charge is 0.182 e. The van der Waals surface area contributed by atoms with Crippen LogP contribution in [0.3, 0.4) is 0 Å². The van der Waals surface area contributed by atoms with Gasteiger partial charge in [0.2, 0.25) is 0 Å². The second kappa shape index (κ2) is 3.43. The van der Waals surface area contributed by atoms with Crippen molar-refractivity contribution < 1.29 is 14.8 Å². The molecule has 70 valence electrons. The lowest BCUT2D eigenvalue weighted by atomic mass is 10.0. The first-order valence-electron chi connectivity index (χ1n) is 4.13. The number of hydrogen-bond donors (Lipinski definition) is 1. The van der Waals surface area contributed by atoms with Gasteiger partial charge < -0.3 is 0 Å². The predicted octanol–water partition coefficient (Wildman–Crippen LogP) is 1.08. The topological polar surface area (TPSA) is 53.7 Å². The molecule has 2 rings (SSSR count). The Labute approximate surface area is 76.1 Å². The number of hydrogen-bond acceptors (Lipinski definition) is 4. The Kier molecular flexibility index (Phi) is 2.28. The minimum Gasteiger partial charge on any atom is -0.297 e. The molecule has 1 unspecified atom stereocenters. The van der Waals surface area contributed by atoms with Crippen molar-refractivity contribution in [1.29, 1.82) is 0 Å². The number of rotatable bonds is 1. The van der Waals surface area contributed by atoms with Crippen LogP contribution in [-0.2, 0) is 20.5 Å². The predicted molar refractivity (Wildman–Crippen MR) is 45.0 cm³/mol. The molecule has 0 saturated carbocycles. The lowest BCUT2D eigenvalue weighted by molar-refractivity contribution is -0.573. The summed E-state index contributed by atoms with van der Waals surface area (Å²) in [4.78, 5) is 9.49. The molecule has 2 N–H and O–H groups in total. The van der Waals surface area contributed by atoms with Gasteiger partial charge in [-0.1, -0.05) is 35.4 Å². The quantitative estimate of drug-likeness (QED) is 0.659. The van der Waals surface area contributed by atoms with Gasteiger partial charge in [0.1, 0.15) is 0 Å². The normalized spacial score (nSPS) is 28.7. The Morgan fingerprint density at radius 2 is 2.00 bits per heavy atom. The van der Waals surface area contributed by atoms with Gasteiger partial charge in [-0.2, -0.15) is 4.89 Å². The zero-order valence-electron chi connectivity index (χ0n) is 7.10. The van der Waals surface area contributed by atoms with E-state index in [4.69, 9.17) is 10.6 Å². The largest absolute Gasteiger partial charge is 0.297 e. The van der Waals surface area contributed by atoms with Crippen LogP contribution in [0.4, 0.5) is 0 Å². The third-order valence-corrected chi connectivity index (χ3v) is 2.05. The summed E-state index contributed by atoms with van der Waals surface area (Å²) >= 11 is 0. The van der Waals surface area contributed by atoms with E-state index in [1.807, 2.05) is 30.3 Å². The highest BCUT2D eigenvalue weighted by atomic mass is 17.5. The van der Waals surface area contributed by atoms with Gasteiger partial charge in [-0.15, -0.1) is 0 Å². The second-order valence-corrected chi connectivity index (χ2v) is 2.98. The molecular formula is C9H11NO3. The van der Waals surface area contributed by atoms with Crippen molar-refractivity contribution in [3.63, 3.8) is 0 Å². The summed E-state index contributed by atoms with van der Waals surface area (Å²) < 4.78 is 0. The van der Waals surface area contributed by atoms with Crippen LogP contribution in [0.5, 0.6) is 0 Å². The highest BCUT2D eigenvalue weighted by Crippen LogP contribution is 2.26. The van der Waals surface area contributed by atoms with Crippen LogP contribution in [0, 0.1) is 0 Å². The minimum atomic E-state index is -0.875. The summed E-state index contributed by atoms with van der Waals surface area (Å²) in [6, 6.07) is 9.53. The Morgan fingerprint density at radius 3 is 2.62 bits per heavy atom. The highest BCUT2D eigenvalue weighted by Gasteiger charge is 2.33. The van der Waals surface area contributed by atoms with Gasteiger partial charge in [-0.25, -0.2) is 4.89 Å². The summed E-state index contributed by atoms with van der Waals surface area (Å²) in [7, 11) is 0. The van der Waals surface area contributed by atoms with E-state index in [2.05, 4.69) is 9.93 Å². The third kappa shape index (κ3) is 1.71. The molecule has 1 atom stereocenters. The molecule has 0 amide bonds. The van der Waals surface area contributed by atoms with E-state index in [0.29, 0.717) is 13.0 Å². The van der Waals surface area contributed by atoms with E-state index in [1.54, 1.807) is 0 Å². The van der Waals surface area contributed by atoms with E-state index in [0.717, 1.165) is 5.56 Å². The maximum atomic E-state index is 5.95. The monoisotopic (exact) mass is 181 g/mol. The van der Waals surface area contributed by atoms with Gasteiger partial charge in [0, 0.05) is 12.0 Å². The fourth-order valence-corrected chi connectivity index (χ4v) is 1.27. The Hall–Kier alpha value is -0.940. The van der Waals surface area contributed by atoms with Crippen LogP contribution in [0.15, 0.2) is 30.3 Å². The van der Waals surface area contributed by atoms with Crippen molar-refractivity contribution in [2.45, 2.75) is 12.1 Å². The van der Waals surface area contributed by atoms with Crippen molar-refractivity contribution in [3.8, 4) is 0 Å². The zero-order valence-corrected chi connectivity index (χ0v) is 7.10. The first-order chi connectivity index (χ1) is 6.31. The molecule has 0 bridgehead atoms. The van der Waals surface area contributed by atoms with Crippen LogP contribution in [0.25, 0.3) is 0 Å². The highest BCUT2D eigenvalue weighted by molar-refractivity contribution is 5.21. The maximum Gasteiger partial charge on any atom is 0.182 e. The molecule has 4 nitrogen and oxygen atoms in total. The molecule has 13 heavy (non-hydrogen) atoms. The molecule has 1 aliphatic heterocycles. The van der Waals surface area contributed by atoms with Crippen LogP contribution >= 0.6 is 0 Å². The number of benzene rings is 1. The first kappa shape index (κ1) is 8.65. The standard InChI is InChI=1S/C9H11NO3/c10-9(6-7-11-13-12-9)8-4-2-1-3-5-8/h1-5H,6-7,10H2. The van der Waals surface area contributed by atoms with Crippen molar-refractivity contribution in [1.82, 2.24) is 0 Å². The fraction of sp³-hybridized carbons (Fsp3) is 0.333. The fourth-order valence-electron chi connectivity index (χ4n) is 1.27. The third-order valence-electron chi connectivity index (χ3n) is 2.05. The van der Waals surface area contributed by atoms with E-state index < -0.39 is 5.72 Å². The van der Waals surface area contributed by atoms with E-state index >= 15 is 0 Å². The van der Waals surface area contributed by atoms with Gasteiger partial charge in [-0.05, 0) is 0 Å². The van der Waals surface area contributed by atoms with Crippen LogP contribution in [0.1, 0.15) is 12.0 Å². The van der Waals surface area contributed by atoms with E-state index in [1.165, 1.54) is 0 Å². The number of nitrogens with two attached hydrogens (primary N) is 1. The maximum absolute atomic E-state index is 5.95. The average Bonchev–Trinajstić information content (AvgIpc) is 2.20. The molecule has 0 aliphatic carbocycles. The van der Waals surface area contributed by atoms with Crippen LogP contribution in [0.2, 0.25) is 0 Å². The molecule has 1 heterocycles. The molecule has 4 heteroatoms. The summed E-state index contributed by atoms with van der Waals surface area (Å²) in [5, 5.41) is 4.41. The summed E-state index contributed by atoms with van der Waals surface area (Å²) in [5.41, 5.74) is 5.96. The van der Waals surface area contributed by atoms with Crippen LogP contribution < -0.4 is 5.73 Å². The Morgan fingerprint density at radius 1 is 1.23 bits per heavy atom. The molecule has 1 aliphatic rings. The van der Waals surface area contributed by atoms with Crippen molar-refractivity contribution >= 4 is 0 Å². The van der Waals surface area contributed by atoms with Crippen molar-refractivity contribution in [2.24, 2.45) is 5.73 Å². The van der Waals surface area contributed by atoms with Crippen LogP contribution in [-0.4, -0.2) is 6.61 Å².